The van der Waals surface area contributed by atoms with Gasteiger partial charge in [-0.3, -0.25) is 4.79 Å². The zero-order valence-electron chi connectivity index (χ0n) is 13.3. The Kier molecular flexibility index (Phi) is 5.22. The van der Waals surface area contributed by atoms with Crippen LogP contribution >= 0.6 is 23.4 Å². The zero-order chi connectivity index (χ0) is 17.3. The molecule has 2 heterocycles. The highest BCUT2D eigenvalue weighted by Crippen LogP contribution is 2.39. The van der Waals surface area contributed by atoms with Crippen molar-refractivity contribution in [3.8, 4) is 0 Å². The van der Waals surface area contributed by atoms with Crippen LogP contribution in [0.25, 0.3) is 0 Å². The maximum absolute atomic E-state index is 12.0. The van der Waals surface area contributed by atoms with E-state index in [4.69, 9.17) is 11.6 Å². The first-order valence-corrected chi connectivity index (χ1v) is 11.0. The fourth-order valence-corrected chi connectivity index (χ4v) is 7.08. The number of sulfone groups is 1. The Bertz CT molecular complexity index is 762. The number of thioether (sulfide) groups is 1. The standard InChI is InChI=1S/C16H19ClN2O3S2/c1-2-3-15(20)18-16-19(8-11-4-6-12(17)7-5-11)13-9-24(21,22)10-14(13)23-16/h4-7,13-14H,2-3,8-10H2,1H3/t13-,14-/m0/s1. The number of carbonyl (C=O) groups is 1. The Labute approximate surface area is 151 Å². The molecule has 2 aliphatic rings. The molecule has 3 rings (SSSR count). The first kappa shape index (κ1) is 17.8. The van der Waals surface area contributed by atoms with Gasteiger partial charge in [-0.1, -0.05) is 42.4 Å². The predicted molar refractivity (Wildman–Crippen MR) is 98.2 cm³/mol. The van der Waals surface area contributed by atoms with E-state index in [0.29, 0.717) is 23.2 Å². The number of hydrogen-bond donors (Lipinski definition) is 0. The van der Waals surface area contributed by atoms with Crippen molar-refractivity contribution >= 4 is 44.3 Å². The number of rotatable bonds is 4. The van der Waals surface area contributed by atoms with Crippen LogP contribution in [0.3, 0.4) is 0 Å². The third kappa shape index (κ3) is 3.95. The van der Waals surface area contributed by atoms with E-state index in [2.05, 4.69) is 4.99 Å². The molecule has 0 spiro atoms. The largest absolute Gasteiger partial charge is 0.342 e. The second-order valence-electron chi connectivity index (χ2n) is 6.09. The van der Waals surface area contributed by atoms with E-state index in [-0.39, 0.29) is 28.7 Å². The lowest BCUT2D eigenvalue weighted by Crippen LogP contribution is -2.37. The summed E-state index contributed by atoms with van der Waals surface area (Å²) < 4.78 is 23.9. The van der Waals surface area contributed by atoms with Crippen LogP contribution < -0.4 is 0 Å². The van der Waals surface area contributed by atoms with Gasteiger partial charge in [-0.2, -0.15) is 4.99 Å². The number of amides is 1. The lowest BCUT2D eigenvalue weighted by atomic mass is 10.1. The molecule has 2 atom stereocenters. The molecule has 0 saturated carbocycles. The van der Waals surface area contributed by atoms with Crippen LogP contribution in [0, 0.1) is 0 Å². The van der Waals surface area contributed by atoms with Crippen molar-refractivity contribution in [3.05, 3.63) is 34.9 Å². The predicted octanol–water partition coefficient (Wildman–Crippen LogP) is 2.74. The van der Waals surface area contributed by atoms with Crippen LogP contribution in [0.5, 0.6) is 0 Å². The van der Waals surface area contributed by atoms with E-state index < -0.39 is 9.84 Å². The molecular formula is C16H19ClN2O3S2. The van der Waals surface area contributed by atoms with Gasteiger partial charge in [0.1, 0.15) is 0 Å². The highest BCUT2D eigenvalue weighted by molar-refractivity contribution is 8.15. The summed E-state index contributed by atoms with van der Waals surface area (Å²) in [4.78, 5) is 18.1. The second kappa shape index (κ2) is 7.06. The van der Waals surface area contributed by atoms with Crippen molar-refractivity contribution in [3.63, 3.8) is 0 Å². The van der Waals surface area contributed by atoms with Gasteiger partial charge in [0.2, 0.25) is 5.91 Å². The number of benzene rings is 1. The molecule has 2 fully saturated rings. The average Bonchev–Trinajstić information content (AvgIpc) is 2.95. The Balaban J connectivity index is 1.86. The lowest BCUT2D eigenvalue weighted by molar-refractivity contribution is -0.117. The quantitative estimate of drug-likeness (QED) is 0.795. The molecule has 1 amide bonds. The third-order valence-electron chi connectivity index (χ3n) is 4.13. The van der Waals surface area contributed by atoms with Crippen molar-refractivity contribution in [1.29, 1.82) is 0 Å². The highest BCUT2D eigenvalue weighted by Gasteiger charge is 2.48. The SMILES string of the molecule is CCCC(=O)N=C1S[C@H]2CS(=O)(=O)C[C@@H]2N1Cc1ccc(Cl)cc1. The summed E-state index contributed by atoms with van der Waals surface area (Å²) in [6.45, 7) is 2.46. The number of carbonyl (C=O) groups excluding carboxylic acids is 1. The first-order chi connectivity index (χ1) is 11.4. The molecule has 0 unspecified atom stereocenters. The van der Waals surface area contributed by atoms with Crippen molar-refractivity contribution in [2.45, 2.75) is 37.6 Å². The highest BCUT2D eigenvalue weighted by atomic mass is 35.5. The summed E-state index contributed by atoms with van der Waals surface area (Å²) in [6, 6.07) is 7.32. The maximum Gasteiger partial charge on any atom is 0.248 e. The second-order valence-corrected chi connectivity index (χ2v) is 9.89. The number of hydrogen-bond acceptors (Lipinski definition) is 4. The molecule has 2 saturated heterocycles. The summed E-state index contributed by atoms with van der Waals surface area (Å²) in [6.07, 6.45) is 1.16. The summed E-state index contributed by atoms with van der Waals surface area (Å²) in [5.74, 6) is 0.128. The molecule has 2 aliphatic heterocycles. The number of amidine groups is 1. The van der Waals surface area contributed by atoms with Gasteiger partial charge in [0.05, 0.1) is 17.5 Å². The minimum Gasteiger partial charge on any atom is -0.342 e. The van der Waals surface area contributed by atoms with Crippen molar-refractivity contribution in [1.82, 2.24) is 4.90 Å². The number of fused-ring (bicyclic) bond motifs is 1. The summed E-state index contributed by atoms with van der Waals surface area (Å²) >= 11 is 7.34. The summed E-state index contributed by atoms with van der Waals surface area (Å²) in [5.41, 5.74) is 1.01. The minimum absolute atomic E-state index is 0.0459. The van der Waals surface area contributed by atoms with E-state index in [0.717, 1.165) is 12.0 Å². The third-order valence-corrected chi connectivity index (χ3v) is 7.62. The lowest BCUT2D eigenvalue weighted by Gasteiger charge is -2.24. The minimum atomic E-state index is -3.02. The van der Waals surface area contributed by atoms with E-state index >= 15 is 0 Å². The molecule has 24 heavy (non-hydrogen) atoms. The Morgan fingerprint density at radius 1 is 1.33 bits per heavy atom. The van der Waals surface area contributed by atoms with Crippen molar-refractivity contribution in [2.75, 3.05) is 11.5 Å². The van der Waals surface area contributed by atoms with Crippen LogP contribution in [0.1, 0.15) is 25.3 Å². The molecule has 0 radical (unpaired) electrons. The van der Waals surface area contributed by atoms with E-state index in [1.807, 2.05) is 36.1 Å². The Morgan fingerprint density at radius 3 is 2.71 bits per heavy atom. The molecule has 1 aromatic rings. The van der Waals surface area contributed by atoms with Gasteiger partial charge < -0.3 is 4.90 Å². The monoisotopic (exact) mass is 386 g/mol. The van der Waals surface area contributed by atoms with Gasteiger partial charge in [-0.05, 0) is 24.1 Å². The fraction of sp³-hybridized carbons (Fsp3) is 0.500. The van der Waals surface area contributed by atoms with Gasteiger partial charge in [0.25, 0.3) is 0 Å². The molecule has 0 aliphatic carbocycles. The van der Waals surface area contributed by atoms with Crippen LogP contribution in [0.4, 0.5) is 0 Å². The fourth-order valence-electron chi connectivity index (χ4n) is 2.98. The smallest absolute Gasteiger partial charge is 0.248 e. The average molecular weight is 387 g/mol. The molecular weight excluding hydrogens is 368 g/mol. The molecule has 130 valence electrons. The number of aliphatic imine (C=N–C) groups is 1. The van der Waals surface area contributed by atoms with Crippen LogP contribution in [-0.2, 0) is 21.2 Å². The zero-order valence-corrected chi connectivity index (χ0v) is 15.7. The van der Waals surface area contributed by atoms with Crippen LogP contribution in [-0.4, -0.2) is 47.2 Å². The summed E-state index contributed by atoms with van der Waals surface area (Å²) in [7, 11) is -3.02. The molecule has 0 aromatic heterocycles. The first-order valence-electron chi connectivity index (χ1n) is 7.87. The van der Waals surface area contributed by atoms with E-state index in [1.165, 1.54) is 11.8 Å². The molecule has 5 nitrogen and oxygen atoms in total. The van der Waals surface area contributed by atoms with Gasteiger partial charge in [0, 0.05) is 23.2 Å². The van der Waals surface area contributed by atoms with Gasteiger partial charge in [-0.15, -0.1) is 0 Å². The van der Waals surface area contributed by atoms with Crippen molar-refractivity contribution < 1.29 is 13.2 Å². The van der Waals surface area contributed by atoms with E-state index in [9.17, 15) is 13.2 Å². The van der Waals surface area contributed by atoms with E-state index in [1.54, 1.807) is 0 Å². The maximum atomic E-state index is 12.0. The molecule has 0 N–H and O–H groups in total. The summed E-state index contributed by atoms with van der Waals surface area (Å²) in [5, 5.41) is 1.26. The normalized spacial score (nSPS) is 26.8. The van der Waals surface area contributed by atoms with Crippen LogP contribution in [0.15, 0.2) is 29.3 Å². The van der Waals surface area contributed by atoms with Gasteiger partial charge >= 0.3 is 0 Å². The van der Waals surface area contributed by atoms with Gasteiger partial charge in [-0.25, -0.2) is 8.42 Å². The Morgan fingerprint density at radius 2 is 2.04 bits per heavy atom. The van der Waals surface area contributed by atoms with Crippen molar-refractivity contribution in [2.24, 2.45) is 4.99 Å². The molecule has 0 bridgehead atoms. The molecule has 1 aromatic carbocycles. The topological polar surface area (TPSA) is 66.8 Å². The molecule has 8 heteroatoms. The van der Waals surface area contributed by atoms with Gasteiger partial charge in [0.15, 0.2) is 15.0 Å². The van der Waals surface area contributed by atoms with Crippen LogP contribution in [0.2, 0.25) is 5.02 Å². The number of halogens is 1. The Hall–Kier alpha value is -1.05. The number of nitrogens with zero attached hydrogens (tertiary/aromatic N) is 2.